The van der Waals surface area contributed by atoms with E-state index in [1.165, 1.54) is 17.5 Å². The largest absolute Gasteiger partial charge is 0.478 e. The van der Waals surface area contributed by atoms with E-state index in [1.54, 1.807) is 11.6 Å². The second-order valence-corrected chi connectivity index (χ2v) is 4.23. The van der Waals surface area contributed by atoms with Crippen LogP contribution in [0.15, 0.2) is 23.2 Å². The maximum absolute atomic E-state index is 11.0. The van der Waals surface area contributed by atoms with E-state index in [0.29, 0.717) is 12.2 Å². The first-order valence-electron chi connectivity index (χ1n) is 4.97. The minimum absolute atomic E-state index is 0.172. The Labute approximate surface area is 102 Å². The highest BCUT2D eigenvalue weighted by atomic mass is 32.1. The van der Waals surface area contributed by atoms with E-state index in [0.717, 1.165) is 11.4 Å². The first kappa shape index (κ1) is 11.5. The average Bonchev–Trinajstić information content (AvgIpc) is 2.78. The molecule has 0 saturated heterocycles. The fourth-order valence-corrected chi connectivity index (χ4v) is 1.95. The monoisotopic (exact) mass is 249 g/mol. The first-order valence-corrected chi connectivity index (χ1v) is 5.92. The third-order valence-electron chi connectivity index (χ3n) is 2.21. The van der Waals surface area contributed by atoms with Gasteiger partial charge >= 0.3 is 5.97 Å². The Kier molecular flexibility index (Phi) is 3.34. The van der Waals surface area contributed by atoms with Crippen LogP contribution in [-0.4, -0.2) is 21.0 Å². The number of anilines is 1. The summed E-state index contributed by atoms with van der Waals surface area (Å²) < 4.78 is 0. The minimum atomic E-state index is -0.988. The molecule has 2 aromatic heterocycles. The van der Waals surface area contributed by atoms with Crippen LogP contribution in [0.5, 0.6) is 0 Å². The number of nitrogens with one attached hydrogen (secondary N) is 1. The molecule has 0 bridgehead atoms. The number of aromatic nitrogens is 2. The molecular weight excluding hydrogens is 238 g/mol. The second-order valence-electron chi connectivity index (χ2n) is 3.51. The van der Waals surface area contributed by atoms with Gasteiger partial charge in [0.15, 0.2) is 0 Å². The summed E-state index contributed by atoms with van der Waals surface area (Å²) in [4.78, 5) is 19.1. The summed E-state index contributed by atoms with van der Waals surface area (Å²) >= 11 is 1.51. The van der Waals surface area contributed by atoms with Crippen molar-refractivity contribution in [3.8, 4) is 0 Å². The van der Waals surface area contributed by atoms with Crippen LogP contribution in [-0.2, 0) is 6.54 Å². The summed E-state index contributed by atoms with van der Waals surface area (Å²) in [5, 5.41) is 14.0. The van der Waals surface area contributed by atoms with Crippen molar-refractivity contribution in [2.75, 3.05) is 5.32 Å². The van der Waals surface area contributed by atoms with Crippen molar-refractivity contribution >= 4 is 23.0 Å². The van der Waals surface area contributed by atoms with Crippen molar-refractivity contribution < 1.29 is 9.90 Å². The van der Waals surface area contributed by atoms with Gasteiger partial charge in [0.2, 0.25) is 0 Å². The average molecular weight is 249 g/mol. The summed E-state index contributed by atoms with van der Waals surface area (Å²) in [6.45, 7) is 2.33. The van der Waals surface area contributed by atoms with E-state index in [-0.39, 0.29) is 5.56 Å². The van der Waals surface area contributed by atoms with Crippen LogP contribution in [0.3, 0.4) is 0 Å². The number of carboxylic acids is 1. The highest BCUT2D eigenvalue weighted by Gasteiger charge is 2.10. The Morgan fingerprint density at radius 2 is 2.35 bits per heavy atom. The number of hydrogen-bond acceptors (Lipinski definition) is 5. The van der Waals surface area contributed by atoms with Crippen LogP contribution in [0, 0.1) is 6.92 Å². The Hall–Kier alpha value is -1.95. The predicted molar refractivity (Wildman–Crippen MR) is 65.4 cm³/mol. The molecule has 88 valence electrons. The van der Waals surface area contributed by atoms with Crippen LogP contribution in [0.4, 0.5) is 5.69 Å². The van der Waals surface area contributed by atoms with E-state index in [4.69, 9.17) is 5.11 Å². The highest BCUT2D eigenvalue weighted by molar-refractivity contribution is 7.07. The zero-order valence-corrected chi connectivity index (χ0v) is 9.99. The third-order valence-corrected chi connectivity index (χ3v) is 2.85. The molecule has 0 amide bonds. The summed E-state index contributed by atoms with van der Waals surface area (Å²) in [5.74, 6) is -0.988. The van der Waals surface area contributed by atoms with Crippen LogP contribution in [0.25, 0.3) is 0 Å². The van der Waals surface area contributed by atoms with E-state index < -0.39 is 5.97 Å². The second kappa shape index (κ2) is 4.92. The number of pyridine rings is 1. The zero-order chi connectivity index (χ0) is 12.3. The Morgan fingerprint density at radius 3 is 3.00 bits per heavy atom. The molecule has 0 fully saturated rings. The fourth-order valence-electron chi connectivity index (χ4n) is 1.39. The number of nitrogens with zero attached hydrogens (tertiary/aromatic N) is 2. The van der Waals surface area contributed by atoms with Crippen molar-refractivity contribution in [3.63, 3.8) is 0 Å². The molecule has 2 rings (SSSR count). The standard InChI is InChI=1S/C11H11N3O2S/c1-7-2-10(9(4-12-7)11(15)16)13-3-8-5-17-6-14-8/h2,4-6H,3H2,1H3,(H,12,13)(H,15,16). The molecule has 0 atom stereocenters. The molecule has 2 heterocycles. The van der Waals surface area contributed by atoms with Gasteiger partial charge in [-0.25, -0.2) is 9.78 Å². The SMILES string of the molecule is Cc1cc(NCc2cscn2)c(C(=O)O)cn1. The highest BCUT2D eigenvalue weighted by Crippen LogP contribution is 2.16. The maximum atomic E-state index is 11.0. The van der Waals surface area contributed by atoms with Crippen LogP contribution in [0.1, 0.15) is 21.7 Å². The van der Waals surface area contributed by atoms with Crippen molar-refractivity contribution in [1.82, 2.24) is 9.97 Å². The lowest BCUT2D eigenvalue weighted by Gasteiger charge is -2.08. The number of thiazole rings is 1. The summed E-state index contributed by atoms with van der Waals surface area (Å²) in [6, 6.07) is 1.72. The maximum Gasteiger partial charge on any atom is 0.339 e. The van der Waals surface area contributed by atoms with Gasteiger partial charge in [0.05, 0.1) is 23.4 Å². The Morgan fingerprint density at radius 1 is 1.53 bits per heavy atom. The lowest BCUT2D eigenvalue weighted by atomic mass is 10.2. The Bertz CT molecular complexity index is 526. The fraction of sp³-hybridized carbons (Fsp3) is 0.182. The van der Waals surface area contributed by atoms with Crippen molar-refractivity contribution in [3.05, 3.63) is 40.1 Å². The van der Waals surface area contributed by atoms with Gasteiger partial charge in [-0.1, -0.05) is 0 Å². The molecule has 2 N–H and O–H groups in total. The number of rotatable bonds is 4. The number of hydrogen-bond donors (Lipinski definition) is 2. The van der Waals surface area contributed by atoms with Crippen molar-refractivity contribution in [1.29, 1.82) is 0 Å². The summed E-state index contributed by atoms with van der Waals surface area (Å²) in [5.41, 5.74) is 4.15. The van der Waals surface area contributed by atoms with Gasteiger partial charge in [-0.05, 0) is 13.0 Å². The van der Waals surface area contributed by atoms with Gasteiger partial charge in [-0.15, -0.1) is 11.3 Å². The lowest BCUT2D eigenvalue weighted by Crippen LogP contribution is -2.07. The van der Waals surface area contributed by atoms with Crippen molar-refractivity contribution in [2.45, 2.75) is 13.5 Å². The lowest BCUT2D eigenvalue weighted by molar-refractivity contribution is 0.0697. The molecule has 0 unspecified atom stereocenters. The van der Waals surface area contributed by atoms with E-state index >= 15 is 0 Å². The first-order chi connectivity index (χ1) is 8.16. The smallest absolute Gasteiger partial charge is 0.339 e. The summed E-state index contributed by atoms with van der Waals surface area (Å²) in [6.07, 6.45) is 1.36. The van der Waals surface area contributed by atoms with Gasteiger partial charge < -0.3 is 10.4 Å². The molecule has 0 radical (unpaired) electrons. The molecule has 6 heteroatoms. The third kappa shape index (κ3) is 2.79. The van der Waals surface area contributed by atoms with Crippen LogP contribution >= 0.6 is 11.3 Å². The quantitative estimate of drug-likeness (QED) is 0.868. The van der Waals surface area contributed by atoms with E-state index in [2.05, 4.69) is 15.3 Å². The molecule has 0 aliphatic heterocycles. The molecule has 0 aliphatic rings. The molecule has 5 nitrogen and oxygen atoms in total. The van der Waals surface area contributed by atoms with Crippen molar-refractivity contribution in [2.24, 2.45) is 0 Å². The van der Waals surface area contributed by atoms with Gasteiger partial charge in [-0.2, -0.15) is 0 Å². The number of carbonyl (C=O) groups is 1. The zero-order valence-electron chi connectivity index (χ0n) is 9.17. The topological polar surface area (TPSA) is 75.1 Å². The molecule has 17 heavy (non-hydrogen) atoms. The van der Waals surface area contributed by atoms with Crippen LogP contribution < -0.4 is 5.32 Å². The molecule has 0 saturated carbocycles. The van der Waals surface area contributed by atoms with Gasteiger partial charge in [0, 0.05) is 17.3 Å². The molecular formula is C11H11N3O2S. The molecule has 2 aromatic rings. The molecule has 0 aliphatic carbocycles. The molecule has 0 spiro atoms. The predicted octanol–water partition coefficient (Wildman–Crippen LogP) is 2.16. The van der Waals surface area contributed by atoms with Gasteiger partial charge in [-0.3, -0.25) is 4.98 Å². The van der Waals surface area contributed by atoms with Crippen LogP contribution in [0.2, 0.25) is 0 Å². The van der Waals surface area contributed by atoms with Gasteiger partial charge in [0.25, 0.3) is 0 Å². The molecule has 0 aromatic carbocycles. The number of aryl methyl sites for hydroxylation is 1. The summed E-state index contributed by atoms with van der Waals surface area (Å²) in [7, 11) is 0. The number of aromatic carboxylic acids is 1. The van der Waals surface area contributed by atoms with E-state index in [1.807, 2.05) is 12.3 Å². The Balaban J connectivity index is 2.19. The normalized spacial score (nSPS) is 10.2. The van der Waals surface area contributed by atoms with Gasteiger partial charge in [0.1, 0.15) is 5.56 Å². The van der Waals surface area contributed by atoms with E-state index in [9.17, 15) is 4.79 Å². The number of carboxylic acid groups (broad SMARTS) is 1. The minimum Gasteiger partial charge on any atom is -0.478 e.